The summed E-state index contributed by atoms with van der Waals surface area (Å²) in [7, 11) is -3.57. The van der Waals surface area contributed by atoms with E-state index in [0.717, 1.165) is 12.8 Å². The zero-order valence-electron chi connectivity index (χ0n) is 15.7. The van der Waals surface area contributed by atoms with Gasteiger partial charge in [0.05, 0.1) is 11.5 Å². The van der Waals surface area contributed by atoms with E-state index in [1.54, 1.807) is 30.3 Å². The van der Waals surface area contributed by atoms with Gasteiger partial charge >= 0.3 is 34.1 Å². The van der Waals surface area contributed by atoms with Gasteiger partial charge in [-0.25, -0.2) is 0 Å². The van der Waals surface area contributed by atoms with Crippen molar-refractivity contribution in [1.82, 2.24) is 0 Å². The minimum Gasteiger partial charge on any atom is -2.00 e. The maximum Gasteiger partial charge on any atom is 3.00 e. The first-order valence-corrected chi connectivity index (χ1v) is 10.0. The maximum atomic E-state index is 11.9. The average Bonchev–Trinajstić information content (AvgIpc) is 2.53. The van der Waals surface area contributed by atoms with Gasteiger partial charge in [0.2, 0.25) is 0 Å². The molecule has 160 valence electrons. The van der Waals surface area contributed by atoms with Crippen LogP contribution in [-0.2, 0) is 64.9 Å². The number of hydrogen-bond acceptors (Lipinski definition) is 3. The third kappa shape index (κ3) is 19.1. The summed E-state index contributed by atoms with van der Waals surface area (Å²) in [6.45, 7) is 2.52. The second-order valence-electron chi connectivity index (χ2n) is 5.77. The van der Waals surface area contributed by atoms with Crippen LogP contribution in [0.1, 0.15) is 71.1 Å². The maximum absolute atomic E-state index is 11.9. The molecule has 0 saturated carbocycles. The average molecular weight is 486 g/mol. The van der Waals surface area contributed by atoms with E-state index < -0.39 is 10.1 Å². The fourth-order valence-electron chi connectivity index (χ4n) is 2.41. The van der Waals surface area contributed by atoms with Gasteiger partial charge in [0.1, 0.15) is 0 Å². The molecule has 2 radical (unpaired) electrons. The van der Waals surface area contributed by atoms with E-state index in [-0.39, 0.29) is 62.1 Å². The predicted molar refractivity (Wildman–Crippen MR) is 93.5 cm³/mol. The standard InChI is InChI=1S/C18H30O3S.2Fe.3O/c1-2-3-4-5-6-7-8-9-10-14-17-21-22(19,20)18-15-12-11-13-16-18;;;;;/h11-13,15-16H,2-10,14,17H2,1H3;;;;;/q;2*+3;3*-2. The molecule has 1 aromatic carbocycles. The molecular formula is C18H30Fe2O6S. The molecule has 0 aliphatic rings. The Balaban J connectivity index is -0.000000323. The van der Waals surface area contributed by atoms with Crippen molar-refractivity contribution in [3.63, 3.8) is 0 Å². The van der Waals surface area contributed by atoms with E-state index in [2.05, 4.69) is 6.92 Å². The molecule has 0 atom stereocenters. The predicted octanol–water partition coefficient (Wildman–Crippen LogP) is 4.95. The van der Waals surface area contributed by atoms with Gasteiger partial charge in [-0.15, -0.1) is 0 Å². The zero-order chi connectivity index (χ0) is 16.1. The molecule has 0 saturated heterocycles. The van der Waals surface area contributed by atoms with Crippen LogP contribution >= 0.6 is 0 Å². The minimum atomic E-state index is -3.57. The Bertz CT molecular complexity index is 486. The summed E-state index contributed by atoms with van der Waals surface area (Å²) < 4.78 is 28.8. The second-order valence-corrected chi connectivity index (χ2v) is 7.39. The Morgan fingerprint density at radius 2 is 1.11 bits per heavy atom. The van der Waals surface area contributed by atoms with Crippen molar-refractivity contribution >= 4 is 10.1 Å². The van der Waals surface area contributed by atoms with Crippen LogP contribution in [0.4, 0.5) is 0 Å². The number of benzene rings is 1. The molecule has 9 heteroatoms. The van der Waals surface area contributed by atoms with E-state index in [4.69, 9.17) is 4.18 Å². The first kappa shape index (κ1) is 37.8. The fraction of sp³-hybridized carbons (Fsp3) is 0.667. The Hall–Kier alpha value is 0.0490. The molecular weight excluding hydrogens is 456 g/mol. The molecule has 0 bridgehead atoms. The van der Waals surface area contributed by atoms with Crippen LogP contribution in [0.2, 0.25) is 0 Å². The van der Waals surface area contributed by atoms with Crippen LogP contribution in [0.25, 0.3) is 0 Å². The third-order valence-corrected chi connectivity index (χ3v) is 5.09. The first-order valence-electron chi connectivity index (χ1n) is 8.61. The topological polar surface area (TPSA) is 129 Å². The molecule has 0 aromatic heterocycles. The number of rotatable bonds is 13. The van der Waals surface area contributed by atoms with E-state index in [1.807, 2.05) is 0 Å². The molecule has 0 aliphatic carbocycles. The summed E-state index contributed by atoms with van der Waals surface area (Å²) in [4.78, 5) is 0.238. The molecule has 1 aromatic rings. The fourth-order valence-corrected chi connectivity index (χ4v) is 3.38. The molecule has 0 N–H and O–H groups in total. The number of unbranched alkanes of at least 4 members (excludes halogenated alkanes) is 9. The van der Waals surface area contributed by atoms with Crippen LogP contribution in [-0.4, -0.2) is 15.0 Å². The molecule has 0 unspecified atom stereocenters. The van der Waals surface area contributed by atoms with Gasteiger partial charge in [-0.3, -0.25) is 4.18 Å². The quantitative estimate of drug-likeness (QED) is 0.222. The van der Waals surface area contributed by atoms with Crippen molar-refractivity contribution in [3.8, 4) is 0 Å². The van der Waals surface area contributed by atoms with Crippen LogP contribution in [0, 0.1) is 0 Å². The summed E-state index contributed by atoms with van der Waals surface area (Å²) in [6.07, 6.45) is 12.3. The molecule has 27 heavy (non-hydrogen) atoms. The molecule has 0 spiro atoms. The zero-order valence-corrected chi connectivity index (χ0v) is 18.8. The van der Waals surface area contributed by atoms with E-state index in [1.165, 1.54) is 51.4 Å². The van der Waals surface area contributed by atoms with Gasteiger partial charge in [0, 0.05) is 0 Å². The van der Waals surface area contributed by atoms with Crippen molar-refractivity contribution in [2.75, 3.05) is 6.61 Å². The molecule has 0 aliphatic heterocycles. The second kappa shape index (κ2) is 24.1. The molecule has 0 heterocycles. The van der Waals surface area contributed by atoms with Gasteiger partial charge in [-0.1, -0.05) is 82.9 Å². The largest absolute Gasteiger partial charge is 3.00 e. The minimum absolute atomic E-state index is 0. The van der Waals surface area contributed by atoms with Gasteiger partial charge < -0.3 is 16.4 Å². The molecule has 0 amide bonds. The van der Waals surface area contributed by atoms with Gasteiger partial charge in [-0.2, -0.15) is 8.42 Å². The summed E-state index contributed by atoms with van der Waals surface area (Å²) in [5.41, 5.74) is 0. The smallest absolute Gasteiger partial charge is 2.00 e. The Morgan fingerprint density at radius 1 is 0.704 bits per heavy atom. The van der Waals surface area contributed by atoms with Crippen molar-refractivity contribution < 1.29 is 63.2 Å². The normalized spacial score (nSPS) is 9.52. The molecule has 0 fully saturated rings. The van der Waals surface area contributed by atoms with E-state index in [0.29, 0.717) is 0 Å². The van der Waals surface area contributed by atoms with E-state index >= 15 is 0 Å². The SMILES string of the molecule is CCCCCCCCCCCCOS(=O)(=O)c1ccccc1.[Fe+3].[Fe+3].[O-2].[O-2].[O-2]. The molecule has 1 rings (SSSR count). The van der Waals surface area contributed by atoms with Crippen LogP contribution in [0.5, 0.6) is 0 Å². The van der Waals surface area contributed by atoms with Gasteiger partial charge in [0.15, 0.2) is 0 Å². The van der Waals surface area contributed by atoms with Crippen molar-refractivity contribution in [3.05, 3.63) is 30.3 Å². The first-order chi connectivity index (χ1) is 10.7. The van der Waals surface area contributed by atoms with Crippen molar-refractivity contribution in [2.45, 2.75) is 76.0 Å². The Kier molecular flexibility index (Phi) is 33.7. The van der Waals surface area contributed by atoms with Crippen LogP contribution < -0.4 is 0 Å². The Morgan fingerprint density at radius 3 is 1.56 bits per heavy atom. The summed E-state index contributed by atoms with van der Waals surface area (Å²) >= 11 is 0. The molecule has 6 nitrogen and oxygen atoms in total. The van der Waals surface area contributed by atoms with Crippen LogP contribution in [0.3, 0.4) is 0 Å². The third-order valence-electron chi connectivity index (χ3n) is 3.77. The van der Waals surface area contributed by atoms with Gasteiger partial charge in [0.25, 0.3) is 10.1 Å². The van der Waals surface area contributed by atoms with Crippen LogP contribution in [0.15, 0.2) is 35.2 Å². The Labute approximate surface area is 185 Å². The summed E-state index contributed by atoms with van der Waals surface area (Å²) in [6, 6.07) is 8.33. The van der Waals surface area contributed by atoms with Crippen molar-refractivity contribution in [2.24, 2.45) is 0 Å². The summed E-state index contributed by atoms with van der Waals surface area (Å²) in [5, 5.41) is 0. The van der Waals surface area contributed by atoms with Gasteiger partial charge in [-0.05, 0) is 18.6 Å². The monoisotopic (exact) mass is 486 g/mol. The van der Waals surface area contributed by atoms with E-state index in [9.17, 15) is 8.42 Å². The number of hydrogen-bond donors (Lipinski definition) is 0. The van der Waals surface area contributed by atoms with Crippen molar-refractivity contribution in [1.29, 1.82) is 0 Å². The summed E-state index contributed by atoms with van der Waals surface area (Å²) in [5.74, 6) is 0.